The van der Waals surface area contributed by atoms with Gasteiger partial charge in [-0.25, -0.2) is 13.4 Å². The number of benzene rings is 3. The highest BCUT2D eigenvalue weighted by Crippen LogP contribution is 2.36. The van der Waals surface area contributed by atoms with Gasteiger partial charge in [-0.05, 0) is 42.5 Å². The van der Waals surface area contributed by atoms with E-state index in [4.69, 9.17) is 4.74 Å². The normalized spacial score (nSPS) is 11.3. The second-order valence-electron chi connectivity index (χ2n) is 6.68. The van der Waals surface area contributed by atoms with Crippen molar-refractivity contribution in [3.05, 3.63) is 66.7 Å². The first kappa shape index (κ1) is 20.8. The van der Waals surface area contributed by atoms with Gasteiger partial charge in [-0.15, -0.1) is 11.3 Å². The lowest BCUT2D eigenvalue weighted by Gasteiger charge is -2.14. The molecule has 0 aliphatic heterocycles. The van der Waals surface area contributed by atoms with E-state index in [-0.39, 0.29) is 16.5 Å². The van der Waals surface area contributed by atoms with E-state index in [1.165, 1.54) is 43.6 Å². The number of aromatic nitrogens is 1. The minimum absolute atomic E-state index is 0.00356. The summed E-state index contributed by atoms with van der Waals surface area (Å²) in [5.74, 6) is 0.0333. The molecule has 0 unspecified atom stereocenters. The Kier molecular flexibility index (Phi) is 5.62. The van der Waals surface area contributed by atoms with Crippen LogP contribution in [0.5, 0.6) is 5.75 Å². The number of carbonyl (C=O) groups is 1. The molecule has 0 aliphatic carbocycles. The molecule has 0 fully saturated rings. The predicted molar refractivity (Wildman–Crippen MR) is 123 cm³/mol. The maximum atomic E-state index is 13.1. The van der Waals surface area contributed by atoms with Crippen LogP contribution in [-0.4, -0.2) is 26.4 Å². The highest BCUT2D eigenvalue weighted by Gasteiger charge is 2.20. The summed E-state index contributed by atoms with van der Waals surface area (Å²) in [5.41, 5.74) is 2.23. The highest BCUT2D eigenvalue weighted by molar-refractivity contribution is 7.92. The fourth-order valence-corrected chi connectivity index (χ4v) is 5.20. The van der Waals surface area contributed by atoms with Gasteiger partial charge in [0.15, 0.2) is 0 Å². The number of thiazole rings is 1. The van der Waals surface area contributed by atoms with Gasteiger partial charge in [0.1, 0.15) is 10.8 Å². The summed E-state index contributed by atoms with van der Waals surface area (Å²) in [6.07, 6.45) is 0. The quantitative estimate of drug-likeness (QED) is 0.440. The molecule has 2 N–H and O–H groups in total. The molecule has 4 aromatic rings. The minimum atomic E-state index is -3.94. The van der Waals surface area contributed by atoms with Gasteiger partial charge in [-0.1, -0.05) is 24.3 Å². The molecule has 0 radical (unpaired) electrons. The van der Waals surface area contributed by atoms with E-state index in [2.05, 4.69) is 15.0 Å². The maximum absolute atomic E-state index is 13.1. The Morgan fingerprint density at radius 2 is 1.74 bits per heavy atom. The van der Waals surface area contributed by atoms with Gasteiger partial charge in [-0.3, -0.25) is 9.52 Å². The van der Waals surface area contributed by atoms with Crippen molar-refractivity contribution >= 4 is 48.9 Å². The Morgan fingerprint density at radius 3 is 2.48 bits per heavy atom. The van der Waals surface area contributed by atoms with Crippen LogP contribution >= 0.6 is 11.3 Å². The van der Waals surface area contributed by atoms with Crippen molar-refractivity contribution in [2.75, 3.05) is 17.1 Å². The van der Waals surface area contributed by atoms with Gasteiger partial charge in [0, 0.05) is 12.5 Å². The smallest absolute Gasteiger partial charge is 0.261 e. The number of rotatable bonds is 6. The van der Waals surface area contributed by atoms with E-state index in [0.717, 1.165) is 10.2 Å². The van der Waals surface area contributed by atoms with Crippen molar-refractivity contribution in [1.82, 2.24) is 4.98 Å². The highest BCUT2D eigenvalue weighted by atomic mass is 32.2. The van der Waals surface area contributed by atoms with Crippen LogP contribution in [0.3, 0.4) is 0 Å². The maximum Gasteiger partial charge on any atom is 0.261 e. The molecule has 1 amide bonds. The van der Waals surface area contributed by atoms with E-state index >= 15 is 0 Å². The zero-order valence-corrected chi connectivity index (χ0v) is 18.4. The van der Waals surface area contributed by atoms with Crippen LogP contribution in [0.15, 0.2) is 71.6 Å². The standard InChI is InChI=1S/C22H19N3O4S2/c1-14(26)23-19-13-15(11-12-20(19)29-2)31(27,28)25-17-8-4-3-7-16(17)22-24-18-9-5-6-10-21(18)30-22/h3-13,25H,1-2H3,(H,23,26). The minimum Gasteiger partial charge on any atom is -0.495 e. The monoisotopic (exact) mass is 453 g/mol. The molecule has 3 aromatic carbocycles. The topological polar surface area (TPSA) is 97.4 Å². The molecular formula is C22H19N3O4S2. The number of hydrogen-bond acceptors (Lipinski definition) is 6. The molecule has 1 aromatic heterocycles. The molecule has 0 spiro atoms. The summed E-state index contributed by atoms with van der Waals surface area (Å²) in [7, 11) is -2.49. The average Bonchev–Trinajstić information content (AvgIpc) is 3.17. The Morgan fingerprint density at radius 1 is 1.00 bits per heavy atom. The fraction of sp³-hybridized carbons (Fsp3) is 0.0909. The third kappa shape index (κ3) is 4.37. The molecule has 9 heteroatoms. The van der Waals surface area contributed by atoms with Gasteiger partial charge in [0.05, 0.1) is 33.6 Å². The van der Waals surface area contributed by atoms with Crippen molar-refractivity contribution < 1.29 is 17.9 Å². The molecule has 7 nitrogen and oxygen atoms in total. The lowest BCUT2D eigenvalue weighted by atomic mass is 10.2. The molecule has 0 atom stereocenters. The number of ether oxygens (including phenoxy) is 1. The van der Waals surface area contributed by atoms with E-state index < -0.39 is 10.0 Å². The molecule has 1 heterocycles. The van der Waals surface area contributed by atoms with Crippen LogP contribution in [-0.2, 0) is 14.8 Å². The molecule has 0 aliphatic rings. The second-order valence-corrected chi connectivity index (χ2v) is 9.39. The average molecular weight is 454 g/mol. The summed E-state index contributed by atoms with van der Waals surface area (Å²) in [6, 6.07) is 19.1. The molecule has 158 valence electrons. The van der Waals surface area contributed by atoms with Crippen LogP contribution in [0.1, 0.15) is 6.92 Å². The Balaban J connectivity index is 1.72. The van der Waals surface area contributed by atoms with E-state index in [9.17, 15) is 13.2 Å². The molecule has 4 rings (SSSR count). The van der Waals surface area contributed by atoms with Gasteiger partial charge in [0.2, 0.25) is 5.91 Å². The van der Waals surface area contributed by atoms with Gasteiger partial charge in [-0.2, -0.15) is 0 Å². The third-order valence-electron chi connectivity index (χ3n) is 4.49. The number of hydrogen-bond donors (Lipinski definition) is 2. The number of methoxy groups -OCH3 is 1. The first-order chi connectivity index (χ1) is 14.9. The summed E-state index contributed by atoms with van der Waals surface area (Å²) < 4.78 is 35.1. The lowest BCUT2D eigenvalue weighted by Crippen LogP contribution is -2.15. The van der Waals surface area contributed by atoms with E-state index in [0.29, 0.717) is 22.0 Å². The van der Waals surface area contributed by atoms with Crippen LogP contribution in [0.4, 0.5) is 11.4 Å². The summed E-state index contributed by atoms with van der Waals surface area (Å²) in [4.78, 5) is 16.1. The van der Waals surface area contributed by atoms with Gasteiger partial charge >= 0.3 is 0 Å². The van der Waals surface area contributed by atoms with Crippen LogP contribution in [0.2, 0.25) is 0 Å². The number of nitrogens with one attached hydrogen (secondary N) is 2. The van der Waals surface area contributed by atoms with E-state index in [1.807, 2.05) is 36.4 Å². The lowest BCUT2D eigenvalue weighted by molar-refractivity contribution is -0.114. The molecule has 31 heavy (non-hydrogen) atoms. The zero-order chi connectivity index (χ0) is 22.0. The van der Waals surface area contributed by atoms with Crippen molar-refractivity contribution in [2.45, 2.75) is 11.8 Å². The summed E-state index contributed by atoms with van der Waals surface area (Å²) in [6.45, 7) is 1.34. The van der Waals surface area contributed by atoms with Gasteiger partial charge < -0.3 is 10.1 Å². The Hall–Kier alpha value is -3.43. The zero-order valence-electron chi connectivity index (χ0n) is 16.7. The van der Waals surface area contributed by atoms with Crippen molar-refractivity contribution in [3.8, 4) is 16.3 Å². The molecule has 0 bridgehead atoms. The Bertz CT molecular complexity index is 1350. The first-order valence-electron chi connectivity index (χ1n) is 9.31. The third-order valence-corrected chi connectivity index (χ3v) is 6.92. The van der Waals surface area contributed by atoms with E-state index in [1.54, 1.807) is 12.1 Å². The van der Waals surface area contributed by atoms with Crippen molar-refractivity contribution in [3.63, 3.8) is 0 Å². The summed E-state index contributed by atoms with van der Waals surface area (Å²) >= 11 is 1.49. The van der Waals surface area contributed by atoms with Crippen LogP contribution < -0.4 is 14.8 Å². The van der Waals surface area contributed by atoms with Gasteiger partial charge in [0.25, 0.3) is 10.0 Å². The van der Waals surface area contributed by atoms with Crippen LogP contribution in [0.25, 0.3) is 20.8 Å². The van der Waals surface area contributed by atoms with Crippen molar-refractivity contribution in [1.29, 1.82) is 0 Å². The largest absolute Gasteiger partial charge is 0.495 e. The molecule has 0 saturated heterocycles. The number of anilines is 2. The molecule has 0 saturated carbocycles. The Labute approximate surface area is 183 Å². The summed E-state index contributed by atoms with van der Waals surface area (Å²) in [5, 5.41) is 3.30. The number of para-hydroxylation sites is 2. The first-order valence-corrected chi connectivity index (χ1v) is 11.6. The second kappa shape index (κ2) is 8.37. The van der Waals surface area contributed by atoms with Crippen molar-refractivity contribution in [2.24, 2.45) is 0 Å². The molecular weight excluding hydrogens is 434 g/mol. The fourth-order valence-electron chi connectivity index (χ4n) is 3.09. The number of sulfonamides is 1. The number of carbonyl (C=O) groups excluding carboxylic acids is 1. The number of nitrogens with zero attached hydrogens (tertiary/aromatic N) is 1. The predicted octanol–water partition coefficient (Wildman–Crippen LogP) is 4.73. The number of fused-ring (bicyclic) bond motifs is 1. The van der Waals surface area contributed by atoms with Crippen LogP contribution in [0, 0.1) is 0 Å². The number of amides is 1. The SMILES string of the molecule is COc1ccc(S(=O)(=O)Nc2ccccc2-c2nc3ccccc3s2)cc1NC(C)=O.